The third kappa shape index (κ3) is 3.44. The number of terminal acetylenes is 1. The maximum Gasteiger partial charge on any atom is 0.340 e. The van der Waals surface area contributed by atoms with E-state index in [0.717, 1.165) is 7.11 Å². The summed E-state index contributed by atoms with van der Waals surface area (Å²) in [5.41, 5.74) is -0.456. The second kappa shape index (κ2) is 6.74. The fourth-order valence-electron chi connectivity index (χ4n) is 1.59. The highest BCUT2D eigenvalue weighted by Gasteiger charge is 2.20. The van der Waals surface area contributed by atoms with Crippen LogP contribution in [0.2, 0.25) is 0 Å². The third-order valence-electron chi connectivity index (χ3n) is 2.70. The first-order valence-electron chi connectivity index (χ1n) is 5.81. The van der Waals surface area contributed by atoms with Crippen molar-refractivity contribution >= 4 is 11.7 Å². The van der Waals surface area contributed by atoms with Crippen LogP contribution in [0.3, 0.4) is 0 Å². The number of methoxy groups -OCH3 is 1. The Bertz CT molecular complexity index is 509. The van der Waals surface area contributed by atoms with Crippen molar-refractivity contribution in [2.24, 2.45) is 0 Å². The quantitative estimate of drug-likeness (QED) is 0.658. The molecule has 102 valence electrons. The topological polar surface area (TPSA) is 38.3 Å². The highest BCUT2D eigenvalue weighted by Crippen LogP contribution is 2.22. The summed E-state index contributed by atoms with van der Waals surface area (Å²) in [5, 5.41) is 2.81. The van der Waals surface area contributed by atoms with Crippen molar-refractivity contribution in [3.8, 4) is 12.3 Å². The molecule has 0 spiro atoms. The van der Waals surface area contributed by atoms with Crippen molar-refractivity contribution in [1.82, 2.24) is 0 Å². The van der Waals surface area contributed by atoms with Gasteiger partial charge in [0, 0.05) is 12.5 Å². The van der Waals surface area contributed by atoms with Crippen molar-refractivity contribution < 1.29 is 18.3 Å². The SMILES string of the molecule is C#CCC(CC)Nc1ccc(C(=O)OC)c(F)c1F. The largest absolute Gasteiger partial charge is 0.465 e. The van der Waals surface area contributed by atoms with E-state index in [1.54, 1.807) is 0 Å². The summed E-state index contributed by atoms with van der Waals surface area (Å²) in [6.07, 6.45) is 6.26. The van der Waals surface area contributed by atoms with E-state index in [4.69, 9.17) is 6.42 Å². The first-order valence-corrected chi connectivity index (χ1v) is 5.81. The zero-order valence-corrected chi connectivity index (χ0v) is 10.8. The summed E-state index contributed by atoms with van der Waals surface area (Å²) < 4.78 is 31.8. The molecule has 1 rings (SSSR count). The van der Waals surface area contributed by atoms with E-state index >= 15 is 0 Å². The van der Waals surface area contributed by atoms with Crippen molar-refractivity contribution in [2.45, 2.75) is 25.8 Å². The Labute approximate surface area is 111 Å². The number of carbonyl (C=O) groups excluding carboxylic acids is 1. The minimum absolute atomic E-state index is 0.0211. The standard InChI is InChI=1S/C14H15F2NO2/c1-4-6-9(5-2)17-11-8-7-10(14(18)19-3)12(15)13(11)16/h1,7-9,17H,5-6H2,2-3H3. The lowest BCUT2D eigenvalue weighted by Crippen LogP contribution is -2.19. The van der Waals surface area contributed by atoms with Crippen LogP contribution in [0.15, 0.2) is 12.1 Å². The van der Waals surface area contributed by atoms with Gasteiger partial charge in [0.05, 0.1) is 18.4 Å². The fraction of sp³-hybridized carbons (Fsp3) is 0.357. The Balaban J connectivity index is 3.03. The molecule has 3 nitrogen and oxygen atoms in total. The van der Waals surface area contributed by atoms with Crippen LogP contribution in [-0.4, -0.2) is 19.1 Å². The van der Waals surface area contributed by atoms with Crippen molar-refractivity contribution in [2.75, 3.05) is 12.4 Å². The van der Waals surface area contributed by atoms with Gasteiger partial charge in [-0.15, -0.1) is 12.3 Å². The molecule has 0 aliphatic carbocycles. The highest BCUT2D eigenvalue weighted by molar-refractivity contribution is 5.90. The molecule has 1 atom stereocenters. The van der Waals surface area contributed by atoms with Gasteiger partial charge < -0.3 is 10.1 Å². The molecule has 0 heterocycles. The maximum atomic E-state index is 13.8. The van der Waals surface area contributed by atoms with E-state index in [1.165, 1.54) is 12.1 Å². The zero-order valence-electron chi connectivity index (χ0n) is 10.8. The number of hydrogen-bond donors (Lipinski definition) is 1. The van der Waals surface area contributed by atoms with Gasteiger partial charge in [-0.05, 0) is 18.6 Å². The molecule has 0 bridgehead atoms. The number of rotatable bonds is 5. The number of carbonyl (C=O) groups is 1. The van der Waals surface area contributed by atoms with Crippen molar-refractivity contribution in [3.63, 3.8) is 0 Å². The van der Waals surface area contributed by atoms with E-state index in [0.29, 0.717) is 12.8 Å². The number of benzene rings is 1. The molecule has 1 aromatic rings. The summed E-state index contributed by atoms with van der Waals surface area (Å²) in [7, 11) is 1.10. The molecule has 1 aromatic carbocycles. The van der Waals surface area contributed by atoms with Crippen LogP contribution >= 0.6 is 0 Å². The lowest BCUT2D eigenvalue weighted by Gasteiger charge is -2.17. The summed E-state index contributed by atoms with van der Waals surface area (Å²) in [5.74, 6) is -0.801. The minimum Gasteiger partial charge on any atom is -0.465 e. The number of hydrogen-bond acceptors (Lipinski definition) is 3. The third-order valence-corrected chi connectivity index (χ3v) is 2.70. The molecule has 0 saturated heterocycles. The second-order valence-corrected chi connectivity index (χ2v) is 3.94. The first-order chi connectivity index (χ1) is 9.04. The number of nitrogens with one attached hydrogen (secondary N) is 1. The molecule has 1 N–H and O–H groups in total. The molecule has 0 radical (unpaired) electrons. The zero-order chi connectivity index (χ0) is 14.4. The number of ether oxygens (including phenoxy) is 1. The smallest absolute Gasteiger partial charge is 0.340 e. The average molecular weight is 267 g/mol. The van der Waals surface area contributed by atoms with Gasteiger partial charge in [0.2, 0.25) is 0 Å². The lowest BCUT2D eigenvalue weighted by molar-refractivity contribution is 0.0594. The summed E-state index contributed by atoms with van der Waals surface area (Å²) in [6, 6.07) is 2.32. The first kappa shape index (κ1) is 15.0. The number of esters is 1. The van der Waals surface area contributed by atoms with E-state index in [-0.39, 0.29) is 11.7 Å². The van der Waals surface area contributed by atoms with Crippen LogP contribution in [0, 0.1) is 24.0 Å². The number of anilines is 1. The van der Waals surface area contributed by atoms with Gasteiger partial charge >= 0.3 is 5.97 Å². The minimum atomic E-state index is -1.23. The van der Waals surface area contributed by atoms with Gasteiger partial charge in [0.15, 0.2) is 11.6 Å². The van der Waals surface area contributed by atoms with Crippen LogP contribution in [-0.2, 0) is 4.74 Å². The van der Waals surface area contributed by atoms with E-state index in [1.807, 2.05) is 6.92 Å². The molecular formula is C14H15F2NO2. The van der Waals surface area contributed by atoms with Crippen LogP contribution in [0.1, 0.15) is 30.1 Å². The molecule has 0 aliphatic rings. The fourth-order valence-corrected chi connectivity index (χ4v) is 1.59. The highest BCUT2D eigenvalue weighted by atomic mass is 19.2. The Hall–Kier alpha value is -2.09. The van der Waals surface area contributed by atoms with Gasteiger partial charge in [-0.25, -0.2) is 13.6 Å². The molecular weight excluding hydrogens is 252 g/mol. The van der Waals surface area contributed by atoms with Crippen LogP contribution < -0.4 is 5.32 Å². The lowest BCUT2D eigenvalue weighted by atomic mass is 10.1. The molecule has 1 unspecified atom stereocenters. The molecule has 0 amide bonds. The summed E-state index contributed by atoms with van der Waals surface area (Å²) >= 11 is 0. The van der Waals surface area contributed by atoms with Gasteiger partial charge in [0.25, 0.3) is 0 Å². The molecule has 0 aromatic heterocycles. The van der Waals surface area contributed by atoms with Gasteiger partial charge in [0.1, 0.15) is 0 Å². The van der Waals surface area contributed by atoms with E-state index in [9.17, 15) is 13.6 Å². The number of halogens is 2. The predicted molar refractivity (Wildman–Crippen MR) is 68.8 cm³/mol. The monoisotopic (exact) mass is 267 g/mol. The van der Waals surface area contributed by atoms with E-state index < -0.39 is 23.2 Å². The van der Waals surface area contributed by atoms with Crippen LogP contribution in [0.4, 0.5) is 14.5 Å². The van der Waals surface area contributed by atoms with Gasteiger partial charge in [-0.3, -0.25) is 0 Å². The van der Waals surface area contributed by atoms with Crippen molar-refractivity contribution in [1.29, 1.82) is 0 Å². The second-order valence-electron chi connectivity index (χ2n) is 3.94. The average Bonchev–Trinajstić information content (AvgIpc) is 2.42. The molecule has 0 fully saturated rings. The predicted octanol–water partition coefficient (Wildman–Crippen LogP) is 2.97. The molecule has 19 heavy (non-hydrogen) atoms. The van der Waals surface area contributed by atoms with E-state index in [2.05, 4.69) is 16.0 Å². The normalized spacial score (nSPS) is 11.5. The summed E-state index contributed by atoms with van der Waals surface area (Å²) in [6.45, 7) is 1.88. The van der Waals surface area contributed by atoms with Crippen LogP contribution in [0.5, 0.6) is 0 Å². The summed E-state index contributed by atoms with van der Waals surface area (Å²) in [4.78, 5) is 11.2. The Kier molecular flexibility index (Phi) is 5.31. The van der Waals surface area contributed by atoms with Crippen LogP contribution in [0.25, 0.3) is 0 Å². The molecule has 5 heteroatoms. The Morgan fingerprint density at radius 1 is 1.47 bits per heavy atom. The van der Waals surface area contributed by atoms with Crippen molar-refractivity contribution in [3.05, 3.63) is 29.3 Å². The molecule has 0 saturated carbocycles. The molecule has 0 aliphatic heterocycles. The Morgan fingerprint density at radius 3 is 2.68 bits per heavy atom. The van der Waals surface area contributed by atoms with Gasteiger partial charge in [-0.2, -0.15) is 0 Å². The Morgan fingerprint density at radius 2 is 2.16 bits per heavy atom. The maximum absolute atomic E-state index is 13.8. The van der Waals surface area contributed by atoms with Gasteiger partial charge in [-0.1, -0.05) is 6.92 Å².